The van der Waals surface area contributed by atoms with Gasteiger partial charge in [0.1, 0.15) is 17.5 Å². The van der Waals surface area contributed by atoms with Gasteiger partial charge in [-0.25, -0.2) is 4.98 Å². The number of hydrogen-bond donors (Lipinski definition) is 2. The van der Waals surface area contributed by atoms with Crippen LogP contribution in [-0.4, -0.2) is 32.7 Å². The summed E-state index contributed by atoms with van der Waals surface area (Å²) in [5.41, 5.74) is 0.378. The topological polar surface area (TPSA) is 101 Å². The molecule has 78 valence electrons. The van der Waals surface area contributed by atoms with Crippen LogP contribution in [0.3, 0.4) is 0 Å². The van der Waals surface area contributed by atoms with Crippen LogP contribution in [0, 0.1) is 0 Å². The van der Waals surface area contributed by atoms with Gasteiger partial charge in [-0.1, -0.05) is 5.16 Å². The van der Waals surface area contributed by atoms with Crippen LogP contribution in [0.15, 0.2) is 17.0 Å². The van der Waals surface area contributed by atoms with Gasteiger partial charge in [0, 0.05) is 6.54 Å². The Morgan fingerprint density at radius 3 is 3.20 bits per heavy atom. The van der Waals surface area contributed by atoms with Crippen molar-refractivity contribution in [1.29, 1.82) is 0 Å². The predicted octanol–water partition coefficient (Wildman–Crippen LogP) is 0.504. The molecular weight excluding hydrogens is 200 g/mol. The Morgan fingerprint density at radius 1 is 1.53 bits per heavy atom. The first-order valence-electron chi connectivity index (χ1n) is 4.28. The number of hydrogen-bond acceptors (Lipinski definition) is 6. The van der Waals surface area contributed by atoms with E-state index < -0.39 is 5.97 Å². The molecule has 0 aliphatic rings. The Balaban J connectivity index is 2.13. The molecule has 0 aliphatic heterocycles. The molecule has 0 spiro atoms. The molecule has 2 N–H and O–H groups in total. The largest absolute Gasteiger partial charge is 0.481 e. The number of nitrogens with one attached hydrogen (secondary N) is 1. The van der Waals surface area contributed by atoms with Crippen LogP contribution >= 0.6 is 0 Å². The lowest BCUT2D eigenvalue weighted by Crippen LogP contribution is -2.08. The molecule has 0 aromatic carbocycles. The van der Waals surface area contributed by atoms with E-state index in [0.29, 0.717) is 23.5 Å². The van der Waals surface area contributed by atoms with Crippen molar-refractivity contribution in [3.05, 3.63) is 12.5 Å². The zero-order chi connectivity index (χ0) is 10.7. The summed E-state index contributed by atoms with van der Waals surface area (Å²) in [6.45, 7) is 0.298. The highest BCUT2D eigenvalue weighted by molar-refractivity contribution is 5.84. The number of aromatic nitrogens is 3. The second-order valence-corrected chi connectivity index (χ2v) is 2.84. The summed E-state index contributed by atoms with van der Waals surface area (Å²) in [4.78, 5) is 18.1. The van der Waals surface area contributed by atoms with Crippen LogP contribution in [0.1, 0.15) is 6.42 Å². The van der Waals surface area contributed by atoms with Gasteiger partial charge in [-0.3, -0.25) is 4.79 Å². The average Bonchev–Trinajstić information content (AvgIpc) is 2.65. The first-order chi connectivity index (χ1) is 7.27. The maximum absolute atomic E-state index is 10.3. The third-order valence-corrected chi connectivity index (χ3v) is 1.80. The van der Waals surface area contributed by atoms with Gasteiger partial charge in [-0.15, -0.1) is 0 Å². The highest BCUT2D eigenvalue weighted by atomic mass is 16.5. The van der Waals surface area contributed by atoms with E-state index in [1.54, 1.807) is 0 Å². The Morgan fingerprint density at radius 2 is 2.40 bits per heavy atom. The lowest BCUT2D eigenvalue weighted by atomic mass is 10.4. The van der Waals surface area contributed by atoms with E-state index in [1.165, 1.54) is 12.5 Å². The van der Waals surface area contributed by atoms with Crippen molar-refractivity contribution in [2.75, 3.05) is 11.9 Å². The minimum Gasteiger partial charge on any atom is -0.481 e. The van der Waals surface area contributed by atoms with E-state index in [2.05, 4.69) is 20.4 Å². The molecule has 0 saturated carbocycles. The van der Waals surface area contributed by atoms with Crippen molar-refractivity contribution < 1.29 is 14.4 Å². The molecular formula is C8H8N4O3. The Hall–Kier alpha value is -2.18. The molecule has 0 aliphatic carbocycles. The maximum atomic E-state index is 10.3. The number of anilines is 1. The van der Waals surface area contributed by atoms with Crippen molar-refractivity contribution in [2.24, 2.45) is 0 Å². The smallest absolute Gasteiger partial charge is 0.305 e. The molecule has 2 heterocycles. The SMILES string of the molecule is O=C(O)CCNc1ncnc2oncc12. The first kappa shape index (κ1) is 9.38. The molecule has 0 radical (unpaired) electrons. The number of fused-ring (bicyclic) bond motifs is 1. The van der Waals surface area contributed by atoms with Gasteiger partial charge in [-0.05, 0) is 0 Å². The fourth-order valence-electron chi connectivity index (χ4n) is 1.13. The monoisotopic (exact) mass is 208 g/mol. The van der Waals surface area contributed by atoms with Crippen LogP contribution in [0.2, 0.25) is 0 Å². The van der Waals surface area contributed by atoms with E-state index in [-0.39, 0.29) is 6.42 Å². The lowest BCUT2D eigenvalue weighted by Gasteiger charge is -2.02. The number of rotatable bonds is 4. The van der Waals surface area contributed by atoms with Crippen LogP contribution in [-0.2, 0) is 4.79 Å². The molecule has 0 bridgehead atoms. The molecule has 2 rings (SSSR count). The third-order valence-electron chi connectivity index (χ3n) is 1.80. The summed E-state index contributed by atoms with van der Waals surface area (Å²) in [7, 11) is 0. The van der Waals surface area contributed by atoms with Gasteiger partial charge in [-0.2, -0.15) is 4.98 Å². The van der Waals surface area contributed by atoms with Gasteiger partial charge in [0.15, 0.2) is 0 Å². The summed E-state index contributed by atoms with van der Waals surface area (Å²) in [5, 5.41) is 15.5. The Labute approximate surface area is 84.1 Å². The first-order valence-corrected chi connectivity index (χ1v) is 4.28. The standard InChI is InChI=1S/C8H8N4O3/c13-6(14)1-2-9-7-5-3-12-15-8(5)11-4-10-7/h3-4H,1-2H2,(H,13,14)(H,9,10,11). The van der Waals surface area contributed by atoms with Crippen LogP contribution in [0.5, 0.6) is 0 Å². The molecule has 0 atom stereocenters. The number of carboxylic acid groups (broad SMARTS) is 1. The van der Waals surface area contributed by atoms with E-state index in [1.807, 2.05) is 0 Å². The van der Waals surface area contributed by atoms with Gasteiger partial charge in [0.2, 0.25) is 0 Å². The molecule has 7 nitrogen and oxygen atoms in total. The average molecular weight is 208 g/mol. The fourth-order valence-corrected chi connectivity index (χ4v) is 1.13. The van der Waals surface area contributed by atoms with E-state index in [4.69, 9.17) is 9.63 Å². The molecule has 7 heteroatoms. The van der Waals surface area contributed by atoms with E-state index in [9.17, 15) is 4.79 Å². The third kappa shape index (κ3) is 2.01. The lowest BCUT2D eigenvalue weighted by molar-refractivity contribution is -0.136. The minimum absolute atomic E-state index is 0.0246. The molecule has 2 aromatic rings. The highest BCUT2D eigenvalue weighted by Gasteiger charge is 2.06. The summed E-state index contributed by atoms with van der Waals surface area (Å²) in [6.07, 6.45) is 2.84. The quantitative estimate of drug-likeness (QED) is 0.754. The summed E-state index contributed by atoms with van der Waals surface area (Å²) in [5.74, 6) is -0.333. The zero-order valence-corrected chi connectivity index (χ0v) is 7.67. The van der Waals surface area contributed by atoms with Crippen molar-refractivity contribution >= 4 is 22.9 Å². The van der Waals surface area contributed by atoms with Crippen molar-refractivity contribution in [3.63, 3.8) is 0 Å². The molecule has 0 fully saturated rings. The molecule has 0 amide bonds. The number of nitrogens with zero attached hydrogens (tertiary/aromatic N) is 3. The van der Waals surface area contributed by atoms with E-state index >= 15 is 0 Å². The molecule has 15 heavy (non-hydrogen) atoms. The normalized spacial score (nSPS) is 10.4. The summed E-state index contributed by atoms with van der Waals surface area (Å²) in [6, 6.07) is 0. The van der Waals surface area contributed by atoms with Crippen molar-refractivity contribution in [2.45, 2.75) is 6.42 Å². The van der Waals surface area contributed by atoms with Crippen LogP contribution in [0.25, 0.3) is 11.1 Å². The summed E-state index contributed by atoms with van der Waals surface area (Å²) >= 11 is 0. The highest BCUT2D eigenvalue weighted by Crippen LogP contribution is 2.17. The molecule has 2 aromatic heterocycles. The van der Waals surface area contributed by atoms with Crippen LogP contribution in [0.4, 0.5) is 5.82 Å². The summed E-state index contributed by atoms with van der Waals surface area (Å²) < 4.78 is 4.83. The van der Waals surface area contributed by atoms with Crippen molar-refractivity contribution in [3.8, 4) is 0 Å². The van der Waals surface area contributed by atoms with Gasteiger partial charge >= 0.3 is 5.97 Å². The fraction of sp³-hybridized carbons (Fsp3) is 0.250. The molecule has 0 unspecified atom stereocenters. The maximum Gasteiger partial charge on any atom is 0.305 e. The van der Waals surface area contributed by atoms with Crippen molar-refractivity contribution in [1.82, 2.24) is 15.1 Å². The second-order valence-electron chi connectivity index (χ2n) is 2.84. The minimum atomic E-state index is -0.863. The van der Waals surface area contributed by atoms with Crippen LogP contribution < -0.4 is 5.32 Å². The van der Waals surface area contributed by atoms with E-state index in [0.717, 1.165) is 0 Å². The predicted molar refractivity (Wildman–Crippen MR) is 50.3 cm³/mol. The second kappa shape index (κ2) is 3.91. The van der Waals surface area contributed by atoms with Gasteiger partial charge in [0.25, 0.3) is 5.71 Å². The molecule has 0 saturated heterocycles. The Bertz CT molecular complexity index is 481. The van der Waals surface area contributed by atoms with Gasteiger partial charge in [0.05, 0.1) is 12.6 Å². The zero-order valence-electron chi connectivity index (χ0n) is 7.67. The van der Waals surface area contributed by atoms with Gasteiger partial charge < -0.3 is 14.9 Å². The Kier molecular flexibility index (Phi) is 2.44. The number of carboxylic acids is 1. The number of carbonyl (C=O) groups is 1. The number of aliphatic carboxylic acids is 1.